The number of hydrogen-bond acceptors (Lipinski definition) is 6. The third-order valence-corrected chi connectivity index (χ3v) is 8.10. The Balaban J connectivity index is 0.000000161. The van der Waals surface area contributed by atoms with Gasteiger partial charge in [-0.3, -0.25) is 29.0 Å². The van der Waals surface area contributed by atoms with Gasteiger partial charge in [0, 0.05) is 13.1 Å². The molecular formula is C32H36N4O4. The minimum atomic E-state index is -0.172. The van der Waals surface area contributed by atoms with Crippen LogP contribution in [0.4, 0.5) is 0 Å². The van der Waals surface area contributed by atoms with Crippen LogP contribution in [0.15, 0.2) is 70.8 Å². The Morgan fingerprint density at radius 1 is 0.600 bits per heavy atom. The Bertz CT molecular complexity index is 1230. The SMILES string of the molecule is C/C(CN1C(=O)c2ccccc2C1=O)=C1/CCCNC1.C/C(CN1C(=O)c2ccccc2C1=O)=C1\CCCNC1. The molecule has 0 atom stereocenters. The molecule has 2 fully saturated rings. The molecule has 0 saturated carbocycles. The van der Waals surface area contributed by atoms with Gasteiger partial charge in [0.25, 0.3) is 23.6 Å². The molecule has 4 amide bonds. The summed E-state index contributed by atoms with van der Waals surface area (Å²) in [5.41, 5.74) is 7.02. The Labute approximate surface area is 235 Å². The van der Waals surface area contributed by atoms with Gasteiger partial charge in [0.1, 0.15) is 0 Å². The molecule has 0 aromatic heterocycles. The van der Waals surface area contributed by atoms with Crippen LogP contribution in [0.1, 0.15) is 81.0 Å². The summed E-state index contributed by atoms with van der Waals surface area (Å²) in [5.74, 6) is -0.688. The van der Waals surface area contributed by atoms with Crippen molar-refractivity contribution in [2.75, 3.05) is 39.3 Å². The topological polar surface area (TPSA) is 98.8 Å². The van der Waals surface area contributed by atoms with Crippen molar-refractivity contribution < 1.29 is 19.2 Å². The second-order valence-corrected chi connectivity index (χ2v) is 10.8. The van der Waals surface area contributed by atoms with Gasteiger partial charge in [-0.25, -0.2) is 0 Å². The fraction of sp³-hybridized carbons (Fsp3) is 0.375. The molecule has 8 heteroatoms. The first-order valence-corrected chi connectivity index (χ1v) is 14.0. The van der Waals surface area contributed by atoms with Crippen molar-refractivity contribution in [1.29, 1.82) is 0 Å². The van der Waals surface area contributed by atoms with E-state index in [1.165, 1.54) is 20.9 Å². The average Bonchev–Trinajstić information content (AvgIpc) is 3.39. The molecule has 2 saturated heterocycles. The molecule has 0 unspecified atom stereocenters. The lowest BCUT2D eigenvalue weighted by atomic mass is 10.0. The summed E-state index contributed by atoms with van der Waals surface area (Å²) in [6, 6.07) is 14.1. The van der Waals surface area contributed by atoms with Crippen LogP contribution in [0.2, 0.25) is 0 Å². The summed E-state index contributed by atoms with van der Waals surface area (Å²) in [6.45, 7) is 8.68. The lowest BCUT2D eigenvalue weighted by molar-refractivity contribution is 0.0652. The number of nitrogens with one attached hydrogen (secondary N) is 2. The van der Waals surface area contributed by atoms with E-state index in [0.29, 0.717) is 35.3 Å². The maximum absolute atomic E-state index is 12.3. The Morgan fingerprint density at radius 2 is 0.925 bits per heavy atom. The molecule has 0 radical (unpaired) electrons. The number of amides is 4. The Morgan fingerprint density at radius 3 is 1.20 bits per heavy atom. The third kappa shape index (κ3) is 5.55. The first-order valence-electron chi connectivity index (χ1n) is 14.0. The normalized spacial score (nSPS) is 21.1. The molecule has 40 heavy (non-hydrogen) atoms. The first kappa shape index (κ1) is 27.7. The fourth-order valence-corrected chi connectivity index (χ4v) is 5.70. The molecule has 4 aliphatic heterocycles. The van der Waals surface area contributed by atoms with Gasteiger partial charge in [-0.05, 0) is 76.9 Å². The summed E-state index contributed by atoms with van der Waals surface area (Å²) in [4.78, 5) is 51.9. The molecule has 208 valence electrons. The van der Waals surface area contributed by atoms with Gasteiger partial charge in [0.15, 0.2) is 0 Å². The van der Waals surface area contributed by atoms with Crippen molar-refractivity contribution in [2.45, 2.75) is 39.5 Å². The molecule has 8 nitrogen and oxygen atoms in total. The number of imide groups is 2. The van der Waals surface area contributed by atoms with Gasteiger partial charge < -0.3 is 10.6 Å². The lowest BCUT2D eigenvalue weighted by Crippen LogP contribution is -2.33. The third-order valence-electron chi connectivity index (χ3n) is 8.10. The largest absolute Gasteiger partial charge is 0.313 e. The zero-order valence-electron chi connectivity index (χ0n) is 23.2. The van der Waals surface area contributed by atoms with E-state index in [2.05, 4.69) is 10.6 Å². The van der Waals surface area contributed by atoms with E-state index in [1.54, 1.807) is 48.5 Å². The summed E-state index contributed by atoms with van der Waals surface area (Å²) in [5, 5.41) is 6.67. The van der Waals surface area contributed by atoms with Gasteiger partial charge in [0.05, 0.1) is 35.3 Å². The smallest absolute Gasteiger partial charge is 0.261 e. The zero-order valence-corrected chi connectivity index (χ0v) is 23.2. The number of hydrogen-bond donors (Lipinski definition) is 2. The van der Waals surface area contributed by atoms with Crippen molar-refractivity contribution in [3.05, 3.63) is 93.1 Å². The highest BCUT2D eigenvalue weighted by Crippen LogP contribution is 2.26. The van der Waals surface area contributed by atoms with E-state index in [4.69, 9.17) is 0 Å². The van der Waals surface area contributed by atoms with Gasteiger partial charge in [0.2, 0.25) is 0 Å². The second-order valence-electron chi connectivity index (χ2n) is 10.8. The standard InChI is InChI=1S/2C16H18N2O2/c2*1-11(12-5-4-8-17-9-12)10-18-15(19)13-6-2-3-7-14(13)16(18)20/h2*2-3,6-7,17H,4-5,8-10H2,1H3/b12-11+;12-11-. The molecule has 0 bridgehead atoms. The first-order chi connectivity index (χ1) is 19.4. The number of carbonyl (C=O) groups is 4. The molecule has 0 spiro atoms. The molecule has 4 aliphatic rings. The van der Waals surface area contributed by atoms with Crippen molar-refractivity contribution in [1.82, 2.24) is 20.4 Å². The van der Waals surface area contributed by atoms with Gasteiger partial charge in [-0.1, -0.05) is 46.6 Å². The number of benzene rings is 2. The van der Waals surface area contributed by atoms with Crippen LogP contribution in [0.5, 0.6) is 0 Å². The van der Waals surface area contributed by atoms with E-state index in [1.807, 2.05) is 13.8 Å². The number of carbonyl (C=O) groups excluding carboxylic acids is 4. The molecule has 6 rings (SSSR count). The Hall–Kier alpha value is -3.88. The maximum atomic E-state index is 12.3. The molecule has 2 aromatic carbocycles. The van der Waals surface area contributed by atoms with Gasteiger partial charge in [-0.2, -0.15) is 0 Å². The molecule has 2 aromatic rings. The summed E-state index contributed by atoms with van der Waals surface area (Å²) in [6.07, 6.45) is 4.35. The van der Waals surface area contributed by atoms with Gasteiger partial charge >= 0.3 is 0 Å². The fourth-order valence-electron chi connectivity index (χ4n) is 5.70. The highest BCUT2D eigenvalue weighted by atomic mass is 16.2. The quantitative estimate of drug-likeness (QED) is 0.450. The maximum Gasteiger partial charge on any atom is 0.261 e. The predicted octanol–water partition coefficient (Wildman–Crippen LogP) is 3.97. The van der Waals surface area contributed by atoms with E-state index in [0.717, 1.165) is 63.0 Å². The highest BCUT2D eigenvalue weighted by molar-refractivity contribution is 6.22. The van der Waals surface area contributed by atoms with Crippen molar-refractivity contribution in [3.8, 4) is 0 Å². The minimum absolute atomic E-state index is 0.172. The van der Waals surface area contributed by atoms with Crippen molar-refractivity contribution in [3.63, 3.8) is 0 Å². The summed E-state index contributed by atoms with van der Waals surface area (Å²) in [7, 11) is 0. The molecule has 0 aliphatic carbocycles. The van der Waals surface area contributed by atoms with Crippen LogP contribution in [0.25, 0.3) is 0 Å². The van der Waals surface area contributed by atoms with Crippen LogP contribution in [0.3, 0.4) is 0 Å². The van der Waals surface area contributed by atoms with E-state index >= 15 is 0 Å². The number of rotatable bonds is 4. The van der Waals surface area contributed by atoms with Crippen LogP contribution in [0, 0.1) is 0 Å². The summed E-state index contributed by atoms with van der Waals surface area (Å²) < 4.78 is 0. The number of nitrogens with zero attached hydrogens (tertiary/aromatic N) is 2. The molecule has 4 heterocycles. The highest BCUT2D eigenvalue weighted by Gasteiger charge is 2.36. The zero-order chi connectivity index (χ0) is 28.2. The second kappa shape index (κ2) is 12.1. The van der Waals surface area contributed by atoms with Crippen LogP contribution >= 0.6 is 0 Å². The number of fused-ring (bicyclic) bond motifs is 2. The van der Waals surface area contributed by atoms with Crippen LogP contribution in [-0.4, -0.2) is 72.7 Å². The molecular weight excluding hydrogens is 504 g/mol. The van der Waals surface area contributed by atoms with Crippen molar-refractivity contribution >= 4 is 23.6 Å². The van der Waals surface area contributed by atoms with Crippen LogP contribution < -0.4 is 10.6 Å². The van der Waals surface area contributed by atoms with Crippen molar-refractivity contribution in [2.24, 2.45) is 0 Å². The van der Waals surface area contributed by atoms with E-state index in [9.17, 15) is 19.2 Å². The molecule has 2 N–H and O–H groups in total. The monoisotopic (exact) mass is 540 g/mol. The minimum Gasteiger partial charge on any atom is -0.313 e. The summed E-state index contributed by atoms with van der Waals surface area (Å²) >= 11 is 0. The Kier molecular flexibility index (Phi) is 8.38. The van der Waals surface area contributed by atoms with Crippen LogP contribution in [-0.2, 0) is 0 Å². The lowest BCUT2D eigenvalue weighted by Gasteiger charge is -2.21. The van der Waals surface area contributed by atoms with E-state index < -0.39 is 0 Å². The number of piperidine rings is 2. The van der Waals surface area contributed by atoms with Gasteiger partial charge in [-0.15, -0.1) is 0 Å². The predicted molar refractivity (Wildman–Crippen MR) is 153 cm³/mol. The average molecular weight is 541 g/mol. The van der Waals surface area contributed by atoms with E-state index in [-0.39, 0.29) is 23.6 Å².